The van der Waals surface area contributed by atoms with Gasteiger partial charge in [0.05, 0.1) is 53.3 Å². The number of rotatable bonds is 21. The number of esters is 1. The maximum Gasteiger partial charge on any atom is 0.330 e. The van der Waals surface area contributed by atoms with Gasteiger partial charge in [0.25, 0.3) is 0 Å². The highest BCUT2D eigenvalue weighted by atomic mass is 35.5. The summed E-state index contributed by atoms with van der Waals surface area (Å²) in [6.45, 7) is 8.42. The highest BCUT2D eigenvalue weighted by Crippen LogP contribution is 2.51. The molecule has 11 bridgehead atoms. The summed E-state index contributed by atoms with van der Waals surface area (Å²) in [5.74, 6) is -19.0. The zero-order valence-electron chi connectivity index (χ0n) is 66.4. The standard InChI is InChI=1S/C79H95Cl2N11O30/c1-29(2)16-41(85-7)70(106)91-60-62(101)33-9-12-45(39(80)18-33)117-47-20-35-21-48(66(47)122-77-67(121-55-26-79(6,84)69(105)31(4)116-55)64(103)63(102)49(119-77)28-114-53(100)15-14-51(98)87-52(99)27-93)118-46-13-10-34(19-40(46)81)65(120-54-25-78(5,83)68(104)30(3)115-54)61-75(111)90-59(76(112)113)38-22-36(94)23-44(96)56(38)37-17-32(8-11-43(37)95)57(72(108)92-61)89-73(109)58(35)88-71(107)42(24-50(82)97)86-74(60)110/h8-13,17-23,27,29-31,41-42,49,52,54-55,57-65,67-69,77,85,94-96,99,101-105H,14-16,24-26,28,83-84H2,1-7H3,(H2,82,97)(H,86,110)(H,87,98)(H,88,107)(H,89,109)(H,90,111)(H,91,106)(H,92,108)(H,112,113)/t30?,31?,41?,42?,49?,52?,54?,55?,57?,58?,59-,60?,61?,62+,63?,64?,65-,67?,68?,69?,77?,78?,79?/m1/s1. The molecule has 122 heavy (non-hydrogen) atoms. The van der Waals surface area contributed by atoms with Crippen LogP contribution in [-0.2, 0) is 81.2 Å². The maximum absolute atomic E-state index is 16.5. The van der Waals surface area contributed by atoms with Gasteiger partial charge in [-0.15, -0.1) is 0 Å². The van der Waals surface area contributed by atoms with Crippen LogP contribution in [0.15, 0.2) is 78.9 Å². The number of likely N-dealkylation sites (N-methyl/N-ethyl adjacent to an activating group) is 1. The molecule has 0 radical (unpaired) electrons. The number of aliphatic hydroxyl groups is 6. The number of carboxylic acid groups (broad SMARTS) is 1. The number of hydrogen-bond acceptors (Lipinski definition) is 32. The molecule has 41 nitrogen and oxygen atoms in total. The molecule has 3 fully saturated rings. The van der Waals surface area contributed by atoms with Crippen LogP contribution in [0.2, 0.25) is 10.0 Å². The van der Waals surface area contributed by atoms with Crippen molar-refractivity contribution in [2.45, 2.75) is 220 Å². The summed E-state index contributed by atoms with van der Waals surface area (Å²) < 4.78 is 57.6. The summed E-state index contributed by atoms with van der Waals surface area (Å²) in [6, 6.07) is -1.31. The monoisotopic (exact) mass is 1750 g/mol. The molecular weight excluding hydrogens is 1650 g/mol. The van der Waals surface area contributed by atoms with Crippen LogP contribution in [0.25, 0.3) is 11.1 Å². The number of benzene rings is 5. The number of carbonyl (C=O) groups excluding carboxylic acids is 10. The normalized spacial score (nSPS) is 30.3. The molecule has 660 valence electrons. The number of ether oxygens (including phenoxy) is 9. The van der Waals surface area contributed by atoms with Crippen LogP contribution in [-0.4, -0.2) is 239 Å². The van der Waals surface area contributed by atoms with E-state index in [0.717, 1.165) is 66.7 Å². The van der Waals surface area contributed by atoms with Gasteiger partial charge in [0.2, 0.25) is 59.3 Å². The largest absolute Gasteiger partial charge is 0.508 e. The van der Waals surface area contributed by atoms with E-state index in [2.05, 4.69) is 37.2 Å². The summed E-state index contributed by atoms with van der Waals surface area (Å²) in [5.41, 5.74) is 13.0. The van der Waals surface area contributed by atoms with E-state index in [1.54, 1.807) is 13.8 Å². The maximum atomic E-state index is 16.5. The van der Waals surface area contributed by atoms with Crippen LogP contribution < -0.4 is 73.9 Å². The Morgan fingerprint density at radius 2 is 1.25 bits per heavy atom. The fourth-order valence-electron chi connectivity index (χ4n) is 15.0. The summed E-state index contributed by atoms with van der Waals surface area (Å²) >= 11 is 14.6. The number of aliphatic carboxylic acids is 1. The summed E-state index contributed by atoms with van der Waals surface area (Å²) in [4.78, 5) is 158. The topological polar surface area (TPSA) is 647 Å². The van der Waals surface area contributed by atoms with Gasteiger partial charge in [0.15, 0.2) is 48.7 Å². The Morgan fingerprint density at radius 3 is 1.84 bits per heavy atom. The number of halogens is 2. The minimum atomic E-state index is -2.46. The Labute approximate surface area is 704 Å². The second-order valence-electron chi connectivity index (χ2n) is 31.4. The number of carbonyl (C=O) groups is 11. The van der Waals surface area contributed by atoms with Crippen molar-refractivity contribution < 1.29 is 146 Å². The number of carboxylic acids is 1. The van der Waals surface area contributed by atoms with Crippen LogP contribution in [0.1, 0.15) is 138 Å². The molecule has 43 heteroatoms. The van der Waals surface area contributed by atoms with Crippen molar-refractivity contribution >= 4 is 88.7 Å². The highest BCUT2D eigenvalue weighted by Gasteiger charge is 2.53. The fourth-order valence-corrected chi connectivity index (χ4v) is 15.4. The van der Waals surface area contributed by atoms with E-state index in [1.807, 2.05) is 5.32 Å². The molecule has 8 heterocycles. The van der Waals surface area contributed by atoms with Crippen molar-refractivity contribution in [1.29, 1.82) is 0 Å². The van der Waals surface area contributed by atoms with E-state index in [4.69, 9.17) is 83.0 Å². The van der Waals surface area contributed by atoms with E-state index < -0.39 is 308 Å². The molecule has 0 aliphatic carbocycles. The predicted molar refractivity (Wildman–Crippen MR) is 419 cm³/mol. The number of aliphatic hydroxyl groups excluding tert-OH is 6. The fraction of sp³-hybridized carbons (Fsp3) is 0.481. The van der Waals surface area contributed by atoms with E-state index in [0.29, 0.717) is 0 Å². The molecule has 8 amide bonds. The second kappa shape index (κ2) is 38.0. The van der Waals surface area contributed by atoms with Crippen molar-refractivity contribution in [2.75, 3.05) is 13.7 Å². The first-order valence-electron chi connectivity index (χ1n) is 38.5. The van der Waals surface area contributed by atoms with Gasteiger partial charge in [-0.05, 0) is 124 Å². The van der Waals surface area contributed by atoms with Crippen molar-refractivity contribution in [3.63, 3.8) is 0 Å². The molecule has 3 saturated heterocycles. The van der Waals surface area contributed by atoms with Gasteiger partial charge >= 0.3 is 11.9 Å². The van der Waals surface area contributed by atoms with Crippen LogP contribution in [0, 0.1) is 5.92 Å². The molecule has 20 unspecified atom stereocenters. The Morgan fingerprint density at radius 1 is 0.672 bits per heavy atom. The Bertz CT molecular complexity index is 4850. The molecule has 0 saturated carbocycles. The van der Waals surface area contributed by atoms with Gasteiger partial charge in [-0.25, -0.2) is 4.79 Å². The van der Waals surface area contributed by atoms with Gasteiger partial charge in [-0.3, -0.25) is 47.9 Å². The molecule has 0 aromatic heterocycles. The van der Waals surface area contributed by atoms with Crippen LogP contribution in [0.5, 0.6) is 46.0 Å². The van der Waals surface area contributed by atoms with Crippen molar-refractivity contribution in [3.8, 4) is 57.1 Å². The third-order valence-corrected chi connectivity index (χ3v) is 22.0. The minimum absolute atomic E-state index is 0.00633. The lowest BCUT2D eigenvalue weighted by molar-refractivity contribution is -0.333. The van der Waals surface area contributed by atoms with E-state index >= 15 is 24.0 Å². The molecule has 24 N–H and O–H groups in total. The SMILES string of the molecule is CNC(CC(C)C)C(=O)NC1C(=O)NC(CC(N)=O)C(=O)NC2C(=O)NC3C(=O)NC(C(=O)N[C@@H](C(=O)O)c4cc(O)cc(O)c4-c4cc3ccc4O)[C@H](OC3CC(C)(N)C(O)C(C)O3)c3ccc(c(Cl)c3)Oc3cc2cc(c3OC2OC(COC(=O)CCC(=O)NC(O)C=O)C(O)C(O)C2OC2CC(C)(N)C(O)C(C)O2)Oc2ccc(cc2Cl)[C@@H]1O. The number of phenolic OH excluding ortho intramolecular Hbond substituents is 3. The quantitative estimate of drug-likeness (QED) is 0.0246. The molecule has 8 aliphatic rings. The summed E-state index contributed by atoms with van der Waals surface area (Å²) in [6.07, 6.45) is -27.7. The van der Waals surface area contributed by atoms with E-state index in [9.17, 15) is 79.8 Å². The van der Waals surface area contributed by atoms with Gasteiger partial charge in [0.1, 0.15) is 96.1 Å². The Balaban J connectivity index is 1.18. The predicted octanol–water partition coefficient (Wildman–Crippen LogP) is -0.692. The van der Waals surface area contributed by atoms with Gasteiger partial charge in [-0.2, -0.15) is 0 Å². The molecule has 23 atom stereocenters. The van der Waals surface area contributed by atoms with Gasteiger partial charge in [-0.1, -0.05) is 55.2 Å². The third kappa shape index (κ3) is 20.8. The smallest absolute Gasteiger partial charge is 0.330 e. The first kappa shape index (κ1) is 92.0. The molecule has 5 aromatic rings. The first-order valence-corrected chi connectivity index (χ1v) is 39.2. The molecule has 8 aliphatic heterocycles. The zero-order valence-corrected chi connectivity index (χ0v) is 67.9. The number of aromatic hydroxyl groups is 3. The van der Waals surface area contributed by atoms with Crippen LogP contribution in [0.3, 0.4) is 0 Å². The number of phenols is 3. The molecule has 0 spiro atoms. The minimum Gasteiger partial charge on any atom is -0.508 e. The van der Waals surface area contributed by atoms with Gasteiger partial charge in [0, 0.05) is 53.1 Å². The van der Waals surface area contributed by atoms with E-state index in [1.165, 1.54) is 46.9 Å². The Hall–Kier alpha value is -10.7. The van der Waals surface area contributed by atoms with Crippen LogP contribution >= 0.6 is 23.2 Å². The van der Waals surface area contributed by atoms with Gasteiger partial charge < -0.3 is 153 Å². The average Bonchev–Trinajstić information content (AvgIpc) is 0.763. The number of aldehydes is 1. The summed E-state index contributed by atoms with van der Waals surface area (Å²) in [5, 5.41) is 133. The van der Waals surface area contributed by atoms with E-state index in [-0.39, 0.29) is 42.6 Å². The number of nitrogens with one attached hydrogen (secondary N) is 8. The lowest BCUT2D eigenvalue weighted by Crippen LogP contribution is -2.64. The summed E-state index contributed by atoms with van der Waals surface area (Å²) in [7, 11) is 1.45. The van der Waals surface area contributed by atoms with Crippen molar-refractivity contribution in [1.82, 2.24) is 42.5 Å². The Kier molecular flexibility index (Phi) is 28.6. The number of primary amides is 1. The van der Waals surface area contributed by atoms with Crippen molar-refractivity contribution in [2.24, 2.45) is 23.1 Å². The molecule has 5 aromatic carbocycles. The number of hydrogen-bond donors (Lipinski definition) is 21. The van der Waals surface area contributed by atoms with Crippen molar-refractivity contribution in [3.05, 3.63) is 117 Å². The lowest BCUT2D eigenvalue weighted by Gasteiger charge is -2.47. The zero-order chi connectivity index (χ0) is 89.2. The average molecular weight is 1750 g/mol. The molecule has 13 rings (SSSR count). The highest BCUT2D eigenvalue weighted by molar-refractivity contribution is 6.32. The number of fused-ring (bicyclic) bond motifs is 15. The molecular formula is C79H95Cl2N11O30. The first-order chi connectivity index (χ1) is 57.4. The third-order valence-electron chi connectivity index (χ3n) is 21.4. The number of amides is 8. The van der Waals surface area contributed by atoms with Crippen LogP contribution in [0.4, 0.5) is 0 Å². The lowest BCUT2D eigenvalue weighted by atomic mass is 9.86. The second-order valence-corrected chi connectivity index (χ2v) is 32.2. The number of nitrogens with two attached hydrogens (primary N) is 3.